The van der Waals surface area contributed by atoms with Gasteiger partial charge in [0, 0.05) is 20.0 Å². The van der Waals surface area contributed by atoms with Gasteiger partial charge in [-0.2, -0.15) is 0 Å². The molecule has 0 aliphatic carbocycles. The van der Waals surface area contributed by atoms with E-state index in [-0.39, 0.29) is 11.3 Å². The number of benzene rings is 1. The molecule has 1 aliphatic heterocycles. The lowest BCUT2D eigenvalue weighted by molar-refractivity contribution is -0.131. The molecule has 3 nitrogen and oxygen atoms in total. The molecule has 1 aliphatic rings. The van der Waals surface area contributed by atoms with Gasteiger partial charge in [-0.1, -0.05) is 45.0 Å². The molecule has 0 saturated carbocycles. The molecular formula is C18H28N2O. The van der Waals surface area contributed by atoms with Crippen molar-refractivity contribution in [2.75, 3.05) is 20.1 Å². The molecule has 1 aromatic carbocycles. The molecule has 0 radical (unpaired) electrons. The molecular weight excluding hydrogens is 260 g/mol. The number of amides is 1. The average molecular weight is 288 g/mol. The highest BCUT2D eigenvalue weighted by molar-refractivity contribution is 5.76. The molecule has 1 atom stereocenters. The maximum absolute atomic E-state index is 12.2. The molecule has 1 saturated heterocycles. The van der Waals surface area contributed by atoms with E-state index in [4.69, 9.17) is 0 Å². The highest BCUT2D eigenvalue weighted by Crippen LogP contribution is 2.22. The smallest absolute Gasteiger partial charge is 0.222 e. The van der Waals surface area contributed by atoms with Crippen molar-refractivity contribution in [3.05, 3.63) is 35.4 Å². The zero-order chi connectivity index (χ0) is 15.5. The SMILES string of the molecule is CN(Cc1ccc(C(C)(C)C)cc1)C(=O)CC1CCNC1. The van der Waals surface area contributed by atoms with Crippen LogP contribution in [0, 0.1) is 5.92 Å². The molecule has 116 valence electrons. The van der Waals surface area contributed by atoms with Gasteiger partial charge < -0.3 is 10.2 Å². The molecule has 2 rings (SSSR count). The van der Waals surface area contributed by atoms with E-state index in [9.17, 15) is 4.79 Å². The van der Waals surface area contributed by atoms with Gasteiger partial charge in [0.15, 0.2) is 0 Å². The summed E-state index contributed by atoms with van der Waals surface area (Å²) in [4.78, 5) is 14.1. The van der Waals surface area contributed by atoms with Crippen LogP contribution in [0.1, 0.15) is 44.7 Å². The zero-order valence-electron chi connectivity index (χ0n) is 13.8. The Bertz CT molecular complexity index is 467. The maximum atomic E-state index is 12.2. The Labute approximate surface area is 128 Å². The third-order valence-corrected chi connectivity index (χ3v) is 4.29. The lowest BCUT2D eigenvalue weighted by Crippen LogP contribution is -2.28. The largest absolute Gasteiger partial charge is 0.341 e. The van der Waals surface area contributed by atoms with Crippen molar-refractivity contribution in [2.24, 2.45) is 5.92 Å². The number of hydrogen-bond donors (Lipinski definition) is 1. The second-order valence-electron chi connectivity index (χ2n) is 7.26. The monoisotopic (exact) mass is 288 g/mol. The summed E-state index contributed by atoms with van der Waals surface area (Å²) in [7, 11) is 1.91. The first-order valence-corrected chi connectivity index (χ1v) is 7.90. The average Bonchev–Trinajstić information content (AvgIpc) is 2.91. The standard InChI is InChI=1S/C18H28N2O/c1-18(2,3)16-7-5-14(6-8-16)13-20(4)17(21)11-15-9-10-19-12-15/h5-8,15,19H,9-13H2,1-4H3. The number of nitrogens with one attached hydrogen (secondary N) is 1. The summed E-state index contributed by atoms with van der Waals surface area (Å²) in [5, 5.41) is 3.32. The minimum absolute atomic E-state index is 0.176. The summed E-state index contributed by atoms with van der Waals surface area (Å²) in [6.07, 6.45) is 1.80. The van der Waals surface area contributed by atoms with Crippen molar-refractivity contribution in [1.82, 2.24) is 10.2 Å². The van der Waals surface area contributed by atoms with E-state index in [1.54, 1.807) is 0 Å². The highest BCUT2D eigenvalue weighted by atomic mass is 16.2. The Morgan fingerprint density at radius 3 is 2.48 bits per heavy atom. The first kappa shape index (κ1) is 16.0. The predicted octanol–water partition coefficient (Wildman–Crippen LogP) is 2.94. The Hall–Kier alpha value is -1.35. The number of carbonyl (C=O) groups is 1. The van der Waals surface area contributed by atoms with Crippen molar-refractivity contribution in [3.8, 4) is 0 Å². The van der Waals surface area contributed by atoms with Crippen LogP contribution in [0.5, 0.6) is 0 Å². The number of hydrogen-bond acceptors (Lipinski definition) is 2. The quantitative estimate of drug-likeness (QED) is 0.924. The van der Waals surface area contributed by atoms with Crippen molar-refractivity contribution in [3.63, 3.8) is 0 Å². The maximum Gasteiger partial charge on any atom is 0.222 e. The molecule has 1 N–H and O–H groups in total. The summed E-state index contributed by atoms with van der Waals surface area (Å²) in [5.41, 5.74) is 2.70. The van der Waals surface area contributed by atoms with Crippen molar-refractivity contribution < 1.29 is 4.79 Å². The fraction of sp³-hybridized carbons (Fsp3) is 0.611. The van der Waals surface area contributed by atoms with Gasteiger partial charge in [0.25, 0.3) is 0 Å². The number of nitrogens with zero attached hydrogens (tertiary/aromatic N) is 1. The van der Waals surface area contributed by atoms with E-state index in [0.29, 0.717) is 18.9 Å². The molecule has 21 heavy (non-hydrogen) atoms. The molecule has 1 aromatic rings. The molecule has 1 amide bonds. The van der Waals surface area contributed by atoms with E-state index in [1.165, 1.54) is 11.1 Å². The minimum Gasteiger partial charge on any atom is -0.341 e. The summed E-state index contributed by atoms with van der Waals surface area (Å²) in [6.45, 7) is 9.38. The third kappa shape index (κ3) is 4.57. The van der Waals surface area contributed by atoms with E-state index in [2.05, 4.69) is 50.4 Å². The number of rotatable bonds is 4. The van der Waals surface area contributed by atoms with Crippen molar-refractivity contribution in [1.29, 1.82) is 0 Å². The highest BCUT2D eigenvalue weighted by Gasteiger charge is 2.20. The normalized spacial score (nSPS) is 18.8. The van der Waals surface area contributed by atoms with E-state index in [1.807, 2.05) is 11.9 Å². The van der Waals surface area contributed by atoms with Crippen molar-refractivity contribution >= 4 is 5.91 Å². The fourth-order valence-corrected chi connectivity index (χ4v) is 2.76. The van der Waals surface area contributed by atoms with E-state index in [0.717, 1.165) is 19.5 Å². The van der Waals surface area contributed by atoms with Crippen LogP contribution >= 0.6 is 0 Å². The van der Waals surface area contributed by atoms with Crippen LogP contribution in [0.25, 0.3) is 0 Å². The molecule has 3 heteroatoms. The van der Waals surface area contributed by atoms with Gasteiger partial charge in [-0.05, 0) is 42.0 Å². The number of carbonyl (C=O) groups excluding carboxylic acids is 1. The minimum atomic E-state index is 0.176. The van der Waals surface area contributed by atoms with Crippen LogP contribution in [0.3, 0.4) is 0 Å². The lowest BCUT2D eigenvalue weighted by atomic mass is 9.87. The summed E-state index contributed by atoms with van der Waals surface area (Å²) < 4.78 is 0. The van der Waals surface area contributed by atoms with Crippen LogP contribution in [0.4, 0.5) is 0 Å². The lowest BCUT2D eigenvalue weighted by Gasteiger charge is -2.21. The van der Waals surface area contributed by atoms with Gasteiger partial charge in [0.1, 0.15) is 0 Å². The van der Waals surface area contributed by atoms with Gasteiger partial charge in [-0.25, -0.2) is 0 Å². The topological polar surface area (TPSA) is 32.3 Å². The van der Waals surface area contributed by atoms with Gasteiger partial charge in [0.05, 0.1) is 0 Å². The van der Waals surface area contributed by atoms with Gasteiger partial charge in [-0.15, -0.1) is 0 Å². The zero-order valence-corrected chi connectivity index (χ0v) is 13.8. The molecule has 1 heterocycles. The van der Waals surface area contributed by atoms with Crippen LogP contribution in [-0.4, -0.2) is 30.9 Å². The second kappa shape index (κ2) is 6.61. The summed E-state index contributed by atoms with van der Waals surface area (Å²) in [6, 6.07) is 8.63. The fourth-order valence-electron chi connectivity index (χ4n) is 2.76. The van der Waals surface area contributed by atoms with Crippen molar-refractivity contribution in [2.45, 2.75) is 45.6 Å². The first-order valence-electron chi connectivity index (χ1n) is 7.90. The van der Waals surface area contributed by atoms with Crippen LogP contribution in [-0.2, 0) is 16.8 Å². The first-order chi connectivity index (χ1) is 9.86. The third-order valence-electron chi connectivity index (χ3n) is 4.29. The van der Waals surface area contributed by atoms with Crippen LogP contribution in [0.15, 0.2) is 24.3 Å². The molecule has 1 unspecified atom stereocenters. The second-order valence-corrected chi connectivity index (χ2v) is 7.26. The van der Waals surface area contributed by atoms with Gasteiger partial charge in [-0.3, -0.25) is 4.79 Å². The molecule has 0 spiro atoms. The predicted molar refractivity (Wildman–Crippen MR) is 87.2 cm³/mol. The Morgan fingerprint density at radius 2 is 1.95 bits per heavy atom. The van der Waals surface area contributed by atoms with Gasteiger partial charge in [0.2, 0.25) is 5.91 Å². The molecule has 0 aromatic heterocycles. The molecule has 0 bridgehead atoms. The van der Waals surface area contributed by atoms with Gasteiger partial charge >= 0.3 is 0 Å². The Balaban J connectivity index is 1.89. The van der Waals surface area contributed by atoms with E-state index >= 15 is 0 Å². The Kier molecular flexibility index (Phi) is 5.04. The summed E-state index contributed by atoms with van der Waals surface area (Å²) in [5.74, 6) is 0.770. The Morgan fingerprint density at radius 1 is 1.29 bits per heavy atom. The molecule has 1 fully saturated rings. The van der Waals surface area contributed by atoms with Crippen LogP contribution in [0.2, 0.25) is 0 Å². The summed E-state index contributed by atoms with van der Waals surface area (Å²) >= 11 is 0. The van der Waals surface area contributed by atoms with Crippen LogP contribution < -0.4 is 5.32 Å². The van der Waals surface area contributed by atoms with E-state index < -0.39 is 0 Å².